The first-order chi connectivity index (χ1) is 8.53. The Kier molecular flexibility index (Phi) is 3.99. The number of nitrogens with one attached hydrogen (secondary N) is 2. The molecule has 0 radical (unpaired) electrons. The van der Waals surface area contributed by atoms with Gasteiger partial charge < -0.3 is 5.32 Å². The highest BCUT2D eigenvalue weighted by molar-refractivity contribution is 7.89. The van der Waals surface area contributed by atoms with E-state index in [4.69, 9.17) is 0 Å². The molecule has 2 atom stereocenters. The fourth-order valence-electron chi connectivity index (χ4n) is 1.85. The van der Waals surface area contributed by atoms with Gasteiger partial charge in [-0.15, -0.1) is 0 Å². The van der Waals surface area contributed by atoms with Gasteiger partial charge >= 0.3 is 0 Å². The summed E-state index contributed by atoms with van der Waals surface area (Å²) in [7, 11) is -1.62. The molecule has 0 spiro atoms. The summed E-state index contributed by atoms with van der Waals surface area (Å²) >= 11 is 0. The van der Waals surface area contributed by atoms with E-state index in [9.17, 15) is 8.42 Å². The molecule has 0 bridgehead atoms. The van der Waals surface area contributed by atoms with Gasteiger partial charge in [-0.25, -0.2) is 18.1 Å². The van der Waals surface area contributed by atoms with Crippen molar-refractivity contribution in [2.45, 2.75) is 24.9 Å². The summed E-state index contributed by atoms with van der Waals surface area (Å²) in [4.78, 5) is 4.00. The molecule has 1 heterocycles. The maximum atomic E-state index is 12.0. The monoisotopic (exact) mass is 269 g/mol. The molecule has 0 amide bonds. The van der Waals surface area contributed by atoms with Gasteiger partial charge in [0, 0.05) is 19.3 Å². The first-order valence-electron chi connectivity index (χ1n) is 6.12. The van der Waals surface area contributed by atoms with Crippen molar-refractivity contribution >= 4 is 10.0 Å². The van der Waals surface area contributed by atoms with Crippen LogP contribution in [0, 0.1) is 11.8 Å². The number of pyridine rings is 1. The molecule has 0 aromatic carbocycles. The Morgan fingerprint density at radius 2 is 2.17 bits per heavy atom. The summed E-state index contributed by atoms with van der Waals surface area (Å²) in [5, 5.41) is 3.08. The lowest BCUT2D eigenvalue weighted by Gasteiger charge is -2.06. The molecule has 2 unspecified atom stereocenters. The number of sulfonamides is 1. The third-order valence-corrected chi connectivity index (χ3v) is 4.60. The molecule has 1 aromatic rings. The molecule has 0 aliphatic heterocycles. The van der Waals surface area contributed by atoms with Crippen molar-refractivity contribution < 1.29 is 8.42 Å². The van der Waals surface area contributed by atoms with Crippen molar-refractivity contribution in [3.63, 3.8) is 0 Å². The van der Waals surface area contributed by atoms with E-state index < -0.39 is 10.0 Å². The second-order valence-electron chi connectivity index (χ2n) is 4.86. The first kappa shape index (κ1) is 13.5. The number of hydrogen-bond acceptors (Lipinski definition) is 4. The third kappa shape index (κ3) is 3.28. The summed E-state index contributed by atoms with van der Waals surface area (Å²) in [5.74, 6) is 1.13. The average Bonchev–Trinajstić information content (AvgIpc) is 3.04. The van der Waals surface area contributed by atoms with Crippen LogP contribution in [0.5, 0.6) is 0 Å². The molecular weight excluding hydrogens is 250 g/mol. The van der Waals surface area contributed by atoms with Gasteiger partial charge in [0.2, 0.25) is 0 Å². The highest BCUT2D eigenvalue weighted by Gasteiger charge is 2.33. The Morgan fingerprint density at radius 3 is 2.67 bits per heavy atom. The van der Waals surface area contributed by atoms with Gasteiger partial charge in [-0.1, -0.05) is 13.0 Å². The molecule has 2 rings (SSSR count). The molecule has 1 aromatic heterocycles. The molecule has 18 heavy (non-hydrogen) atoms. The maximum absolute atomic E-state index is 12.0. The van der Waals surface area contributed by atoms with Crippen LogP contribution in [0.15, 0.2) is 23.4 Å². The van der Waals surface area contributed by atoms with Gasteiger partial charge in [-0.05, 0) is 36.9 Å². The minimum atomic E-state index is -3.45. The minimum Gasteiger partial charge on any atom is -0.316 e. The standard InChI is InChI=1S/C12H19N3O2S/c1-9-5-11(9)8-15-18(16,17)12-4-3-10(6-13-2)7-14-12/h3-4,7,9,11,13,15H,5-6,8H2,1-2H3. The molecular formula is C12H19N3O2S. The summed E-state index contributed by atoms with van der Waals surface area (Å²) in [6.45, 7) is 3.33. The fraction of sp³-hybridized carbons (Fsp3) is 0.583. The van der Waals surface area contributed by atoms with Gasteiger partial charge in [0.05, 0.1) is 0 Å². The number of rotatable bonds is 6. The average molecular weight is 269 g/mol. The van der Waals surface area contributed by atoms with E-state index in [-0.39, 0.29) is 5.03 Å². The molecule has 2 N–H and O–H groups in total. The van der Waals surface area contributed by atoms with Crippen molar-refractivity contribution in [3.05, 3.63) is 23.9 Å². The molecule has 1 saturated carbocycles. The molecule has 1 aliphatic carbocycles. The van der Waals surface area contributed by atoms with Crippen LogP contribution in [0.3, 0.4) is 0 Å². The van der Waals surface area contributed by atoms with Crippen LogP contribution in [0.2, 0.25) is 0 Å². The Hall–Kier alpha value is -0.980. The predicted molar refractivity (Wildman–Crippen MR) is 69.5 cm³/mol. The van der Waals surface area contributed by atoms with E-state index in [1.54, 1.807) is 18.3 Å². The van der Waals surface area contributed by atoms with E-state index in [2.05, 4.69) is 21.9 Å². The van der Waals surface area contributed by atoms with Crippen LogP contribution >= 0.6 is 0 Å². The van der Waals surface area contributed by atoms with Gasteiger partial charge in [0.15, 0.2) is 5.03 Å². The van der Waals surface area contributed by atoms with Crippen molar-refractivity contribution in [1.29, 1.82) is 0 Å². The second-order valence-corrected chi connectivity index (χ2v) is 6.57. The van der Waals surface area contributed by atoms with Crippen LogP contribution in [0.1, 0.15) is 18.9 Å². The molecule has 1 aliphatic rings. The van der Waals surface area contributed by atoms with E-state index in [0.29, 0.717) is 24.9 Å². The van der Waals surface area contributed by atoms with Gasteiger partial charge in [-0.3, -0.25) is 0 Å². The fourth-order valence-corrected chi connectivity index (χ4v) is 2.87. The summed E-state index contributed by atoms with van der Waals surface area (Å²) in [6.07, 6.45) is 2.70. The van der Waals surface area contributed by atoms with Gasteiger partial charge in [0.1, 0.15) is 0 Å². The number of aromatic nitrogens is 1. The van der Waals surface area contributed by atoms with Crippen molar-refractivity contribution in [2.24, 2.45) is 11.8 Å². The molecule has 0 saturated heterocycles. The van der Waals surface area contributed by atoms with Crippen LogP contribution in [-0.2, 0) is 16.6 Å². The zero-order valence-electron chi connectivity index (χ0n) is 10.7. The highest BCUT2D eigenvalue weighted by Crippen LogP contribution is 2.36. The van der Waals surface area contributed by atoms with Crippen LogP contribution in [0.25, 0.3) is 0 Å². The Labute approximate surface area is 108 Å². The predicted octanol–water partition coefficient (Wildman–Crippen LogP) is 0.735. The van der Waals surface area contributed by atoms with Gasteiger partial charge in [0.25, 0.3) is 10.0 Å². The first-order valence-corrected chi connectivity index (χ1v) is 7.60. The maximum Gasteiger partial charge on any atom is 0.258 e. The SMILES string of the molecule is CNCc1ccc(S(=O)(=O)NCC2CC2C)nc1. The molecule has 100 valence electrons. The molecule has 5 nitrogen and oxygen atoms in total. The highest BCUT2D eigenvalue weighted by atomic mass is 32.2. The summed E-state index contributed by atoms with van der Waals surface area (Å²) in [5.41, 5.74) is 0.965. The van der Waals surface area contributed by atoms with Gasteiger partial charge in [-0.2, -0.15) is 0 Å². The lowest BCUT2D eigenvalue weighted by Crippen LogP contribution is -2.27. The van der Waals surface area contributed by atoms with E-state index in [1.807, 2.05) is 7.05 Å². The lowest BCUT2D eigenvalue weighted by molar-refractivity contribution is 0.570. The van der Waals surface area contributed by atoms with E-state index >= 15 is 0 Å². The Bertz CT molecular complexity index is 499. The zero-order chi connectivity index (χ0) is 13.2. The van der Waals surface area contributed by atoms with Crippen molar-refractivity contribution in [3.8, 4) is 0 Å². The Balaban J connectivity index is 1.99. The second kappa shape index (κ2) is 5.34. The normalized spacial score (nSPS) is 23.0. The largest absolute Gasteiger partial charge is 0.316 e. The lowest BCUT2D eigenvalue weighted by atomic mass is 10.3. The van der Waals surface area contributed by atoms with Crippen molar-refractivity contribution in [1.82, 2.24) is 15.0 Å². The van der Waals surface area contributed by atoms with E-state index in [0.717, 1.165) is 12.0 Å². The summed E-state index contributed by atoms with van der Waals surface area (Å²) < 4.78 is 26.5. The molecule has 6 heteroatoms. The quantitative estimate of drug-likeness (QED) is 0.799. The van der Waals surface area contributed by atoms with Crippen LogP contribution in [0.4, 0.5) is 0 Å². The minimum absolute atomic E-state index is 0.0932. The Morgan fingerprint density at radius 1 is 1.44 bits per heavy atom. The molecule has 1 fully saturated rings. The third-order valence-electron chi connectivity index (χ3n) is 3.27. The van der Waals surface area contributed by atoms with Crippen LogP contribution < -0.4 is 10.0 Å². The van der Waals surface area contributed by atoms with E-state index in [1.165, 1.54) is 0 Å². The smallest absolute Gasteiger partial charge is 0.258 e. The number of hydrogen-bond donors (Lipinski definition) is 2. The van der Waals surface area contributed by atoms with Crippen LogP contribution in [-0.4, -0.2) is 27.0 Å². The number of nitrogens with zero attached hydrogens (tertiary/aromatic N) is 1. The zero-order valence-corrected chi connectivity index (χ0v) is 11.5. The van der Waals surface area contributed by atoms with Crippen molar-refractivity contribution in [2.75, 3.05) is 13.6 Å². The summed E-state index contributed by atoms with van der Waals surface area (Å²) in [6, 6.07) is 3.32. The topological polar surface area (TPSA) is 71.1 Å².